The lowest BCUT2D eigenvalue weighted by Crippen LogP contribution is -2.50. The molecule has 0 unspecified atom stereocenters. The highest BCUT2D eigenvalue weighted by Gasteiger charge is 2.28. The van der Waals surface area contributed by atoms with Crippen molar-refractivity contribution in [1.29, 1.82) is 5.26 Å². The highest BCUT2D eigenvalue weighted by Crippen LogP contribution is 2.30. The molecular weight excluding hydrogens is 412 g/mol. The fourth-order valence-electron chi connectivity index (χ4n) is 4.16. The molecule has 1 amide bonds. The molecule has 2 aliphatic heterocycles. The quantitative estimate of drug-likeness (QED) is 0.589. The van der Waals surface area contributed by atoms with E-state index in [4.69, 9.17) is 10.00 Å². The number of rotatable bonds is 4. The summed E-state index contributed by atoms with van der Waals surface area (Å²) in [5.74, 6) is -0.208. The predicted octanol–water partition coefficient (Wildman–Crippen LogP) is 3.04. The Morgan fingerprint density at radius 1 is 1.23 bits per heavy atom. The molecule has 0 spiro atoms. The van der Waals surface area contributed by atoms with Crippen LogP contribution < -0.4 is 4.90 Å². The van der Waals surface area contributed by atoms with E-state index in [1.807, 2.05) is 25.1 Å². The first-order valence-corrected chi connectivity index (χ1v) is 11.0. The maximum Gasteiger partial charge on any atom is 0.338 e. The third kappa shape index (κ3) is 3.56. The molecule has 5 rings (SSSR count). The summed E-state index contributed by atoms with van der Waals surface area (Å²) in [6.07, 6.45) is 0.818. The number of anilines is 1. The van der Waals surface area contributed by atoms with Gasteiger partial charge in [0.15, 0.2) is 5.13 Å². The van der Waals surface area contributed by atoms with Crippen LogP contribution in [0.2, 0.25) is 0 Å². The molecule has 1 fully saturated rings. The molecule has 0 atom stereocenters. The smallest absolute Gasteiger partial charge is 0.338 e. The lowest BCUT2D eigenvalue weighted by molar-refractivity contribution is -0.121. The monoisotopic (exact) mass is 432 g/mol. The highest BCUT2D eigenvalue weighted by atomic mass is 32.1. The van der Waals surface area contributed by atoms with Crippen molar-refractivity contribution in [3.8, 4) is 6.07 Å². The summed E-state index contributed by atoms with van der Waals surface area (Å²) < 4.78 is 6.11. The SMILES string of the molecule is Cc1c(CCN2CCN(c3nc4cc(C#N)ccc4s3)C(=O)C2)ccc2c1COC2=O. The number of piperazine rings is 1. The largest absolute Gasteiger partial charge is 0.457 e. The zero-order valence-electron chi connectivity index (χ0n) is 17.1. The summed E-state index contributed by atoms with van der Waals surface area (Å²) in [7, 11) is 0. The Labute approximate surface area is 183 Å². The Morgan fingerprint density at radius 2 is 2.10 bits per heavy atom. The molecular formula is C23H20N4O3S. The number of esters is 1. The molecule has 156 valence electrons. The van der Waals surface area contributed by atoms with Crippen LogP contribution in [-0.2, 0) is 22.6 Å². The number of amides is 1. The number of nitriles is 1. The molecule has 1 saturated heterocycles. The minimum atomic E-state index is -0.245. The summed E-state index contributed by atoms with van der Waals surface area (Å²) in [5, 5.41) is 9.75. The van der Waals surface area contributed by atoms with Crippen LogP contribution in [0.15, 0.2) is 30.3 Å². The van der Waals surface area contributed by atoms with Gasteiger partial charge in [0.1, 0.15) is 6.61 Å². The van der Waals surface area contributed by atoms with E-state index in [2.05, 4.69) is 16.0 Å². The molecule has 0 radical (unpaired) electrons. The fourth-order valence-corrected chi connectivity index (χ4v) is 5.15. The van der Waals surface area contributed by atoms with E-state index in [1.165, 1.54) is 16.9 Å². The van der Waals surface area contributed by atoms with Crippen LogP contribution in [0.25, 0.3) is 10.2 Å². The summed E-state index contributed by atoms with van der Waals surface area (Å²) >= 11 is 1.48. The third-order valence-corrected chi connectivity index (χ3v) is 7.07. The van der Waals surface area contributed by atoms with Crippen LogP contribution >= 0.6 is 11.3 Å². The number of cyclic esters (lactones) is 1. The van der Waals surface area contributed by atoms with E-state index in [-0.39, 0.29) is 11.9 Å². The third-order valence-electron chi connectivity index (χ3n) is 6.01. The Kier molecular flexibility index (Phi) is 4.93. The van der Waals surface area contributed by atoms with E-state index >= 15 is 0 Å². The standard InChI is InChI=1S/C23H20N4O3S/c1-14-16(3-4-17-18(14)13-30-22(17)29)6-7-26-8-9-27(21(28)12-26)23-25-19-10-15(11-24)2-5-20(19)31-23/h2-5,10H,6-9,12-13H2,1H3. The Bertz CT molecular complexity index is 1260. The highest BCUT2D eigenvalue weighted by molar-refractivity contribution is 7.22. The van der Waals surface area contributed by atoms with Crippen LogP contribution in [0.4, 0.5) is 5.13 Å². The van der Waals surface area contributed by atoms with Gasteiger partial charge in [-0.15, -0.1) is 0 Å². The number of carbonyl (C=O) groups excluding carboxylic acids is 2. The van der Waals surface area contributed by atoms with Crippen LogP contribution in [0.3, 0.4) is 0 Å². The fraction of sp³-hybridized carbons (Fsp3) is 0.304. The summed E-state index contributed by atoms with van der Waals surface area (Å²) in [6, 6.07) is 11.4. The molecule has 2 aliphatic rings. The van der Waals surface area contributed by atoms with Crippen molar-refractivity contribution in [1.82, 2.24) is 9.88 Å². The first-order chi connectivity index (χ1) is 15.0. The van der Waals surface area contributed by atoms with Crippen molar-refractivity contribution in [3.63, 3.8) is 0 Å². The maximum absolute atomic E-state index is 12.8. The van der Waals surface area contributed by atoms with Crippen molar-refractivity contribution in [2.24, 2.45) is 0 Å². The van der Waals surface area contributed by atoms with Gasteiger partial charge in [-0.3, -0.25) is 14.6 Å². The van der Waals surface area contributed by atoms with E-state index < -0.39 is 0 Å². The average molecular weight is 433 g/mol. The molecule has 8 heteroatoms. The van der Waals surface area contributed by atoms with Gasteiger partial charge in [-0.05, 0) is 48.7 Å². The van der Waals surface area contributed by atoms with Crippen molar-refractivity contribution in [3.05, 3.63) is 58.1 Å². The molecule has 0 aliphatic carbocycles. The van der Waals surface area contributed by atoms with Gasteiger partial charge in [0.05, 0.1) is 34.0 Å². The van der Waals surface area contributed by atoms with Crippen molar-refractivity contribution < 1.29 is 14.3 Å². The van der Waals surface area contributed by atoms with Crippen LogP contribution in [0.1, 0.15) is 32.6 Å². The van der Waals surface area contributed by atoms with Gasteiger partial charge in [-0.25, -0.2) is 9.78 Å². The Morgan fingerprint density at radius 3 is 2.90 bits per heavy atom. The first-order valence-electron chi connectivity index (χ1n) is 10.2. The number of ether oxygens (including phenoxy) is 1. The molecule has 0 N–H and O–H groups in total. The lowest BCUT2D eigenvalue weighted by Gasteiger charge is -2.32. The molecule has 31 heavy (non-hydrogen) atoms. The molecule has 0 saturated carbocycles. The van der Waals surface area contributed by atoms with Gasteiger partial charge in [0.2, 0.25) is 5.91 Å². The van der Waals surface area contributed by atoms with Gasteiger partial charge in [0.25, 0.3) is 0 Å². The Balaban J connectivity index is 1.24. The van der Waals surface area contributed by atoms with Crippen molar-refractivity contribution >= 4 is 38.6 Å². The van der Waals surface area contributed by atoms with Crippen LogP contribution in [-0.4, -0.2) is 47.9 Å². The van der Waals surface area contributed by atoms with E-state index in [0.717, 1.165) is 40.9 Å². The number of benzene rings is 2. The van der Waals surface area contributed by atoms with Gasteiger partial charge in [0, 0.05) is 25.2 Å². The van der Waals surface area contributed by atoms with Crippen molar-refractivity contribution in [2.75, 3.05) is 31.1 Å². The summed E-state index contributed by atoms with van der Waals surface area (Å²) in [4.78, 5) is 33.0. The molecule has 7 nitrogen and oxygen atoms in total. The molecule has 0 bridgehead atoms. The number of hydrogen-bond donors (Lipinski definition) is 0. The number of hydrogen-bond acceptors (Lipinski definition) is 7. The second kappa shape index (κ2) is 7.76. The first kappa shape index (κ1) is 19.7. The lowest BCUT2D eigenvalue weighted by atomic mass is 9.96. The van der Waals surface area contributed by atoms with Crippen LogP contribution in [0.5, 0.6) is 0 Å². The minimum absolute atomic E-state index is 0.0375. The van der Waals surface area contributed by atoms with Gasteiger partial charge in [-0.2, -0.15) is 5.26 Å². The maximum atomic E-state index is 12.8. The second-order valence-corrected chi connectivity index (χ2v) is 8.82. The predicted molar refractivity (Wildman–Crippen MR) is 117 cm³/mol. The van der Waals surface area contributed by atoms with E-state index in [0.29, 0.717) is 36.0 Å². The summed E-state index contributed by atoms with van der Waals surface area (Å²) in [6.45, 7) is 4.88. The van der Waals surface area contributed by atoms with E-state index in [9.17, 15) is 9.59 Å². The molecule has 1 aromatic heterocycles. The molecule has 3 aromatic rings. The van der Waals surface area contributed by atoms with Gasteiger partial charge in [-0.1, -0.05) is 17.4 Å². The van der Waals surface area contributed by atoms with Gasteiger partial charge >= 0.3 is 5.97 Å². The van der Waals surface area contributed by atoms with Crippen LogP contribution in [0, 0.1) is 18.3 Å². The number of thiazole rings is 1. The zero-order valence-corrected chi connectivity index (χ0v) is 17.9. The second-order valence-electron chi connectivity index (χ2n) is 7.81. The Hall–Kier alpha value is -3.28. The number of aromatic nitrogens is 1. The molecule has 3 heterocycles. The van der Waals surface area contributed by atoms with E-state index in [1.54, 1.807) is 17.0 Å². The average Bonchev–Trinajstić information content (AvgIpc) is 3.36. The summed E-state index contributed by atoms with van der Waals surface area (Å²) in [5.41, 5.74) is 5.27. The van der Waals surface area contributed by atoms with Crippen molar-refractivity contribution in [2.45, 2.75) is 20.0 Å². The molecule has 2 aromatic carbocycles. The minimum Gasteiger partial charge on any atom is -0.457 e. The van der Waals surface area contributed by atoms with Gasteiger partial charge < -0.3 is 4.74 Å². The number of carbonyl (C=O) groups is 2. The zero-order chi connectivity index (χ0) is 21.5. The number of nitrogens with zero attached hydrogens (tertiary/aromatic N) is 4. The normalized spacial score (nSPS) is 16.5. The number of fused-ring (bicyclic) bond motifs is 2. The topological polar surface area (TPSA) is 86.5 Å².